The van der Waals surface area contributed by atoms with Gasteiger partial charge in [-0.15, -0.1) is 0 Å². The highest BCUT2D eigenvalue weighted by molar-refractivity contribution is 5.94. The molecule has 0 radical (unpaired) electrons. The first-order valence-corrected chi connectivity index (χ1v) is 10.7. The summed E-state index contributed by atoms with van der Waals surface area (Å²) >= 11 is 0. The topological polar surface area (TPSA) is 191 Å². The summed E-state index contributed by atoms with van der Waals surface area (Å²) in [5.74, 6) is -3.10. The molecule has 1 aromatic rings. The summed E-state index contributed by atoms with van der Waals surface area (Å²) in [7, 11) is 0. The number of aromatic amines is 1. The second-order valence-electron chi connectivity index (χ2n) is 8.03. The number of rotatable bonds is 11. The van der Waals surface area contributed by atoms with Crippen LogP contribution in [-0.4, -0.2) is 86.1 Å². The molecule has 0 saturated carbocycles. The van der Waals surface area contributed by atoms with Gasteiger partial charge in [0.1, 0.15) is 24.2 Å². The van der Waals surface area contributed by atoms with Crippen LogP contribution in [0.15, 0.2) is 12.5 Å². The number of aliphatic hydroxyl groups excluding tert-OH is 1. The van der Waals surface area contributed by atoms with Crippen molar-refractivity contribution in [3.05, 3.63) is 18.2 Å². The van der Waals surface area contributed by atoms with Crippen molar-refractivity contribution in [1.29, 1.82) is 0 Å². The summed E-state index contributed by atoms with van der Waals surface area (Å²) in [6, 6.07) is -4.11. The number of aliphatic hydroxyl groups is 1. The highest BCUT2D eigenvalue weighted by Crippen LogP contribution is 2.22. The molecule has 0 aliphatic carbocycles. The fourth-order valence-electron chi connectivity index (χ4n) is 3.59. The van der Waals surface area contributed by atoms with Gasteiger partial charge in [-0.2, -0.15) is 0 Å². The second kappa shape index (κ2) is 11.6. The van der Waals surface area contributed by atoms with Crippen LogP contribution in [0.3, 0.4) is 0 Å². The number of nitrogens with two attached hydrogens (primary N) is 1. The highest BCUT2D eigenvalue weighted by atomic mass is 16.4. The number of imidazole rings is 1. The monoisotopic (exact) mass is 452 g/mol. The normalized spacial score (nSPS) is 19.6. The predicted molar refractivity (Wildman–Crippen MR) is 113 cm³/mol. The molecule has 1 aliphatic rings. The molecular weight excluding hydrogens is 420 g/mol. The van der Waals surface area contributed by atoms with Crippen molar-refractivity contribution in [2.45, 2.75) is 63.7 Å². The summed E-state index contributed by atoms with van der Waals surface area (Å²) < 4.78 is 0. The number of aromatic nitrogens is 2. The predicted octanol–water partition coefficient (Wildman–Crippen LogP) is -1.64. The largest absolute Gasteiger partial charge is 0.480 e. The van der Waals surface area contributed by atoms with Gasteiger partial charge in [0.15, 0.2) is 0 Å². The molecule has 2 heterocycles. The van der Waals surface area contributed by atoms with Gasteiger partial charge in [0, 0.05) is 24.9 Å². The zero-order chi connectivity index (χ0) is 23.8. The third kappa shape index (κ3) is 6.26. The van der Waals surface area contributed by atoms with E-state index in [1.165, 1.54) is 17.4 Å². The zero-order valence-corrected chi connectivity index (χ0v) is 18.3. The average Bonchev–Trinajstić information content (AvgIpc) is 3.47. The van der Waals surface area contributed by atoms with Crippen LogP contribution in [0.4, 0.5) is 0 Å². The van der Waals surface area contributed by atoms with Gasteiger partial charge in [0.25, 0.3) is 0 Å². The minimum Gasteiger partial charge on any atom is -0.480 e. The summed E-state index contributed by atoms with van der Waals surface area (Å²) in [6.07, 6.45) is 4.45. The van der Waals surface area contributed by atoms with E-state index in [1.54, 1.807) is 6.92 Å². The Labute approximate surface area is 185 Å². The van der Waals surface area contributed by atoms with Gasteiger partial charge in [-0.1, -0.05) is 20.3 Å². The van der Waals surface area contributed by atoms with Crippen molar-refractivity contribution in [2.75, 3.05) is 13.2 Å². The van der Waals surface area contributed by atoms with Gasteiger partial charge in [-0.3, -0.25) is 14.4 Å². The Kier molecular flexibility index (Phi) is 9.14. The van der Waals surface area contributed by atoms with Crippen LogP contribution in [0.1, 0.15) is 38.8 Å². The van der Waals surface area contributed by atoms with Crippen molar-refractivity contribution in [2.24, 2.45) is 11.7 Å². The average molecular weight is 453 g/mol. The second-order valence-corrected chi connectivity index (χ2v) is 8.03. The number of hydrogen-bond donors (Lipinski definition) is 6. The lowest BCUT2D eigenvalue weighted by Gasteiger charge is -2.32. The molecule has 2 rings (SSSR count). The minimum absolute atomic E-state index is 0.0202. The molecule has 1 aliphatic heterocycles. The Balaban J connectivity index is 2.13. The van der Waals surface area contributed by atoms with Gasteiger partial charge in [0.2, 0.25) is 17.7 Å². The molecule has 1 saturated heterocycles. The van der Waals surface area contributed by atoms with Crippen LogP contribution < -0.4 is 16.4 Å². The van der Waals surface area contributed by atoms with Crippen molar-refractivity contribution < 1.29 is 29.4 Å². The standard InChI is InChI=1S/C20H32N6O6/c1-3-11(2)16(25-17(28)13(21)9-27)19(30)26-6-4-5-15(26)18(29)24-14(20(31)32)7-12-8-22-10-23-12/h8,10-11,13-16,27H,3-7,9,21H2,1-2H3,(H,22,23)(H,24,29)(H,25,28)(H,31,32). The number of hydrogen-bond acceptors (Lipinski definition) is 7. The van der Waals surface area contributed by atoms with E-state index in [-0.39, 0.29) is 12.3 Å². The number of carbonyl (C=O) groups excluding carboxylic acids is 3. The van der Waals surface area contributed by atoms with Gasteiger partial charge < -0.3 is 36.5 Å². The molecule has 32 heavy (non-hydrogen) atoms. The quantitative estimate of drug-likeness (QED) is 0.230. The minimum atomic E-state index is -1.20. The van der Waals surface area contributed by atoms with Crippen molar-refractivity contribution in [1.82, 2.24) is 25.5 Å². The first kappa shape index (κ1) is 25.3. The van der Waals surface area contributed by atoms with E-state index in [0.29, 0.717) is 31.5 Å². The molecule has 7 N–H and O–H groups in total. The maximum Gasteiger partial charge on any atom is 0.326 e. The third-order valence-corrected chi connectivity index (χ3v) is 5.74. The first-order valence-electron chi connectivity index (χ1n) is 10.7. The first-order chi connectivity index (χ1) is 15.2. The third-order valence-electron chi connectivity index (χ3n) is 5.74. The molecule has 0 aromatic carbocycles. The lowest BCUT2D eigenvalue weighted by atomic mass is 9.97. The molecule has 0 bridgehead atoms. The maximum atomic E-state index is 13.3. The lowest BCUT2D eigenvalue weighted by molar-refractivity contribution is -0.145. The number of nitrogens with zero attached hydrogens (tertiary/aromatic N) is 2. The number of carboxylic acid groups (broad SMARTS) is 1. The molecule has 1 aromatic heterocycles. The van der Waals surface area contributed by atoms with Crippen LogP contribution in [0, 0.1) is 5.92 Å². The molecule has 0 spiro atoms. The fraction of sp³-hybridized carbons (Fsp3) is 0.650. The number of likely N-dealkylation sites (tertiary alicyclic amines) is 1. The number of H-pyrrole nitrogens is 1. The molecule has 1 fully saturated rings. The van der Waals surface area contributed by atoms with E-state index >= 15 is 0 Å². The van der Waals surface area contributed by atoms with Crippen LogP contribution in [0.2, 0.25) is 0 Å². The summed E-state index contributed by atoms with van der Waals surface area (Å²) in [4.78, 5) is 58.0. The van der Waals surface area contributed by atoms with Crippen LogP contribution >= 0.6 is 0 Å². The molecule has 5 atom stereocenters. The van der Waals surface area contributed by atoms with E-state index in [2.05, 4.69) is 20.6 Å². The van der Waals surface area contributed by atoms with Gasteiger partial charge in [-0.05, 0) is 18.8 Å². The van der Waals surface area contributed by atoms with Gasteiger partial charge in [-0.25, -0.2) is 9.78 Å². The van der Waals surface area contributed by atoms with E-state index in [0.717, 1.165) is 0 Å². The summed E-state index contributed by atoms with van der Waals surface area (Å²) in [5, 5.41) is 23.7. The van der Waals surface area contributed by atoms with E-state index in [9.17, 15) is 24.3 Å². The molecule has 178 valence electrons. The molecule has 12 heteroatoms. The highest BCUT2D eigenvalue weighted by Gasteiger charge is 2.40. The number of carbonyl (C=O) groups is 4. The van der Waals surface area contributed by atoms with E-state index < -0.39 is 54.5 Å². The SMILES string of the molecule is CCC(C)C(NC(=O)C(N)CO)C(=O)N1CCCC1C(=O)NC(Cc1cnc[nH]1)C(=O)O. The number of carboxylic acids is 1. The van der Waals surface area contributed by atoms with Crippen LogP contribution in [0.5, 0.6) is 0 Å². The molecule has 12 nitrogen and oxygen atoms in total. The smallest absolute Gasteiger partial charge is 0.326 e. The summed E-state index contributed by atoms with van der Waals surface area (Å²) in [6.45, 7) is 3.41. The van der Waals surface area contributed by atoms with Gasteiger partial charge in [0.05, 0.1) is 12.9 Å². The Bertz CT molecular complexity index is 801. The Morgan fingerprint density at radius 3 is 2.62 bits per heavy atom. The van der Waals surface area contributed by atoms with Crippen molar-refractivity contribution in [3.63, 3.8) is 0 Å². The fourth-order valence-corrected chi connectivity index (χ4v) is 3.59. The molecule has 3 amide bonds. The van der Waals surface area contributed by atoms with Gasteiger partial charge >= 0.3 is 5.97 Å². The van der Waals surface area contributed by atoms with Crippen molar-refractivity contribution in [3.8, 4) is 0 Å². The maximum absolute atomic E-state index is 13.3. The number of aliphatic carboxylic acids is 1. The lowest BCUT2D eigenvalue weighted by Crippen LogP contribution is -2.58. The Morgan fingerprint density at radius 2 is 2.06 bits per heavy atom. The number of nitrogens with one attached hydrogen (secondary N) is 3. The molecular formula is C20H32N6O6. The van der Waals surface area contributed by atoms with Crippen LogP contribution in [-0.2, 0) is 25.6 Å². The van der Waals surface area contributed by atoms with Crippen molar-refractivity contribution >= 4 is 23.7 Å². The zero-order valence-electron chi connectivity index (χ0n) is 18.3. The van der Waals surface area contributed by atoms with E-state index in [1.807, 2.05) is 6.92 Å². The Morgan fingerprint density at radius 1 is 1.34 bits per heavy atom. The summed E-state index contributed by atoms with van der Waals surface area (Å²) in [5.41, 5.74) is 6.11. The number of amides is 3. The molecule has 5 unspecified atom stereocenters. The van der Waals surface area contributed by atoms with Crippen LogP contribution in [0.25, 0.3) is 0 Å². The van der Waals surface area contributed by atoms with E-state index in [4.69, 9.17) is 10.8 Å². The Hall–Kier alpha value is -2.99.